The van der Waals surface area contributed by atoms with Crippen LogP contribution in [0.25, 0.3) is 0 Å². The second-order valence-electron chi connectivity index (χ2n) is 3.91. The molecule has 20 heavy (non-hydrogen) atoms. The quantitative estimate of drug-likeness (QED) is 0.666. The number of nitrogens with two attached hydrogens (primary N) is 1. The maximum absolute atomic E-state index is 13.3. The second-order valence-corrected chi connectivity index (χ2v) is 5.95. The highest BCUT2D eigenvalue weighted by atomic mass is 35.5. The zero-order valence-corrected chi connectivity index (χ0v) is 11.8. The van der Waals surface area contributed by atoms with Gasteiger partial charge in [-0.2, -0.15) is 0 Å². The molecule has 0 radical (unpaired) electrons. The van der Waals surface area contributed by atoms with Crippen molar-refractivity contribution in [3.8, 4) is 0 Å². The molecular weight excluding hydrogens is 307 g/mol. The summed E-state index contributed by atoms with van der Waals surface area (Å²) in [5.74, 6) is -1.03. The van der Waals surface area contributed by atoms with E-state index in [2.05, 4.69) is 14.7 Å². The molecule has 0 saturated heterocycles. The number of sulfonamides is 1. The van der Waals surface area contributed by atoms with E-state index in [1.54, 1.807) is 6.92 Å². The van der Waals surface area contributed by atoms with Gasteiger partial charge in [0.15, 0.2) is 0 Å². The predicted octanol–water partition coefficient (Wildman–Crippen LogP) is 1.96. The number of aryl methyl sites for hydroxylation is 1. The predicted molar refractivity (Wildman–Crippen MR) is 73.4 cm³/mol. The first kappa shape index (κ1) is 14.5. The van der Waals surface area contributed by atoms with Crippen LogP contribution in [0.15, 0.2) is 29.2 Å². The normalized spacial score (nSPS) is 11.3. The summed E-state index contributed by atoms with van der Waals surface area (Å²) < 4.78 is 39.6. The number of aromatic nitrogens is 2. The molecule has 0 aliphatic rings. The Kier molecular flexibility index (Phi) is 3.78. The number of nitrogen functional groups attached to an aromatic ring is 1. The van der Waals surface area contributed by atoms with Crippen molar-refractivity contribution in [1.82, 2.24) is 9.97 Å². The average molecular weight is 317 g/mol. The summed E-state index contributed by atoms with van der Waals surface area (Å²) in [6.45, 7) is 1.63. The van der Waals surface area contributed by atoms with Crippen molar-refractivity contribution in [2.45, 2.75) is 11.8 Å². The molecule has 9 heteroatoms. The molecule has 0 saturated carbocycles. The maximum atomic E-state index is 13.3. The standard InChI is InChI=1S/C11H10ClFN4O2S/c1-6-5-9(12)16-11(15-6)17-20(18,19)8-4-2-3-7(13)10(8)14/h2-5H,14H2,1H3,(H,15,16,17). The minimum absolute atomic E-state index is 0.0856. The third-order valence-corrected chi connectivity index (χ3v) is 3.93. The van der Waals surface area contributed by atoms with E-state index in [0.29, 0.717) is 5.69 Å². The highest BCUT2D eigenvalue weighted by molar-refractivity contribution is 7.92. The number of benzene rings is 1. The molecule has 106 valence electrons. The Balaban J connectivity index is 2.43. The van der Waals surface area contributed by atoms with E-state index in [1.165, 1.54) is 18.2 Å². The highest BCUT2D eigenvalue weighted by Gasteiger charge is 2.21. The van der Waals surface area contributed by atoms with Gasteiger partial charge in [0.2, 0.25) is 5.95 Å². The monoisotopic (exact) mass is 316 g/mol. The smallest absolute Gasteiger partial charge is 0.266 e. The fraction of sp³-hybridized carbons (Fsp3) is 0.0909. The van der Waals surface area contributed by atoms with E-state index in [-0.39, 0.29) is 11.1 Å². The molecule has 0 aliphatic carbocycles. The Morgan fingerprint density at radius 1 is 1.35 bits per heavy atom. The summed E-state index contributed by atoms with van der Waals surface area (Å²) in [5, 5.41) is 0.0856. The van der Waals surface area contributed by atoms with Gasteiger partial charge in [-0.15, -0.1) is 0 Å². The first-order valence-corrected chi connectivity index (χ1v) is 7.24. The van der Waals surface area contributed by atoms with Crippen molar-refractivity contribution in [3.63, 3.8) is 0 Å². The van der Waals surface area contributed by atoms with Gasteiger partial charge in [0.25, 0.3) is 10.0 Å². The molecule has 0 aliphatic heterocycles. The molecule has 1 aromatic heterocycles. The van der Waals surface area contributed by atoms with Crippen LogP contribution >= 0.6 is 11.6 Å². The minimum Gasteiger partial charge on any atom is -0.395 e. The lowest BCUT2D eigenvalue weighted by Gasteiger charge is -2.09. The summed E-state index contributed by atoms with van der Waals surface area (Å²) in [6.07, 6.45) is 0. The van der Waals surface area contributed by atoms with Crippen molar-refractivity contribution >= 4 is 33.3 Å². The van der Waals surface area contributed by atoms with Crippen molar-refractivity contribution in [2.75, 3.05) is 10.5 Å². The number of halogens is 2. The number of para-hydroxylation sites is 1. The van der Waals surface area contributed by atoms with Crippen LogP contribution in [-0.4, -0.2) is 18.4 Å². The van der Waals surface area contributed by atoms with Gasteiger partial charge in [-0.25, -0.2) is 27.5 Å². The Hall–Kier alpha value is -1.93. The summed E-state index contributed by atoms with van der Waals surface area (Å²) in [7, 11) is -4.10. The summed E-state index contributed by atoms with van der Waals surface area (Å²) in [5.41, 5.74) is 5.43. The largest absolute Gasteiger partial charge is 0.395 e. The molecule has 6 nitrogen and oxygen atoms in total. The van der Waals surface area contributed by atoms with Crippen LogP contribution in [-0.2, 0) is 10.0 Å². The van der Waals surface area contributed by atoms with Crippen LogP contribution in [0, 0.1) is 12.7 Å². The van der Waals surface area contributed by atoms with Gasteiger partial charge < -0.3 is 5.73 Å². The fourth-order valence-electron chi connectivity index (χ4n) is 1.50. The van der Waals surface area contributed by atoms with Crippen LogP contribution in [0.2, 0.25) is 5.15 Å². The van der Waals surface area contributed by atoms with Gasteiger partial charge in [-0.1, -0.05) is 17.7 Å². The van der Waals surface area contributed by atoms with E-state index in [4.69, 9.17) is 17.3 Å². The van der Waals surface area contributed by atoms with E-state index in [1.807, 2.05) is 0 Å². The molecule has 0 bridgehead atoms. The van der Waals surface area contributed by atoms with Gasteiger partial charge in [0.1, 0.15) is 15.9 Å². The lowest BCUT2D eigenvalue weighted by molar-refractivity contribution is 0.597. The number of rotatable bonds is 3. The second kappa shape index (κ2) is 5.22. The summed E-state index contributed by atoms with van der Waals surface area (Å²) in [4.78, 5) is 7.21. The minimum atomic E-state index is -4.10. The van der Waals surface area contributed by atoms with E-state index < -0.39 is 26.4 Å². The van der Waals surface area contributed by atoms with Crippen molar-refractivity contribution < 1.29 is 12.8 Å². The lowest BCUT2D eigenvalue weighted by Crippen LogP contribution is -2.17. The van der Waals surface area contributed by atoms with Crippen LogP contribution < -0.4 is 10.5 Å². The molecule has 2 aromatic rings. The van der Waals surface area contributed by atoms with Gasteiger partial charge in [0, 0.05) is 5.69 Å². The number of hydrogen-bond acceptors (Lipinski definition) is 5. The van der Waals surface area contributed by atoms with E-state index in [0.717, 1.165) is 6.07 Å². The molecular formula is C11H10ClFN4O2S. The molecule has 0 unspecified atom stereocenters. The van der Waals surface area contributed by atoms with Crippen molar-refractivity contribution in [3.05, 3.63) is 40.9 Å². The SMILES string of the molecule is Cc1cc(Cl)nc(NS(=O)(=O)c2cccc(F)c2N)n1. The Morgan fingerprint density at radius 2 is 2.05 bits per heavy atom. The number of nitrogens with zero attached hydrogens (tertiary/aromatic N) is 2. The van der Waals surface area contributed by atoms with Crippen LogP contribution in [0.5, 0.6) is 0 Å². The molecule has 0 atom stereocenters. The molecule has 3 N–H and O–H groups in total. The average Bonchev–Trinajstić information content (AvgIpc) is 2.30. The highest BCUT2D eigenvalue weighted by Crippen LogP contribution is 2.23. The fourth-order valence-corrected chi connectivity index (χ4v) is 2.83. The summed E-state index contributed by atoms with van der Waals surface area (Å²) >= 11 is 5.71. The Morgan fingerprint density at radius 3 is 2.70 bits per heavy atom. The van der Waals surface area contributed by atoms with Crippen molar-refractivity contribution in [2.24, 2.45) is 0 Å². The van der Waals surface area contributed by atoms with Crippen LogP contribution in [0.1, 0.15) is 5.69 Å². The third kappa shape index (κ3) is 2.97. The number of nitrogens with one attached hydrogen (secondary N) is 1. The molecule has 1 heterocycles. The van der Waals surface area contributed by atoms with Gasteiger partial charge in [-0.3, -0.25) is 0 Å². The Labute approximate surface area is 119 Å². The van der Waals surface area contributed by atoms with Gasteiger partial charge in [-0.05, 0) is 25.1 Å². The Bertz CT molecular complexity index is 747. The van der Waals surface area contributed by atoms with E-state index in [9.17, 15) is 12.8 Å². The lowest BCUT2D eigenvalue weighted by atomic mass is 10.3. The van der Waals surface area contributed by atoms with Gasteiger partial charge >= 0.3 is 0 Å². The third-order valence-electron chi connectivity index (χ3n) is 2.35. The first-order valence-electron chi connectivity index (χ1n) is 5.37. The number of hydrogen-bond donors (Lipinski definition) is 2. The van der Waals surface area contributed by atoms with E-state index >= 15 is 0 Å². The first-order chi connectivity index (χ1) is 9.29. The molecule has 0 fully saturated rings. The maximum Gasteiger partial charge on any atom is 0.266 e. The molecule has 0 amide bonds. The summed E-state index contributed by atoms with van der Waals surface area (Å²) in [6, 6.07) is 4.95. The zero-order chi connectivity index (χ0) is 14.9. The van der Waals surface area contributed by atoms with Gasteiger partial charge in [0.05, 0.1) is 5.69 Å². The molecule has 2 rings (SSSR count). The topological polar surface area (TPSA) is 98.0 Å². The van der Waals surface area contributed by atoms with Crippen LogP contribution in [0.3, 0.4) is 0 Å². The number of anilines is 2. The zero-order valence-electron chi connectivity index (χ0n) is 10.3. The van der Waals surface area contributed by atoms with Crippen molar-refractivity contribution in [1.29, 1.82) is 0 Å². The molecule has 0 spiro atoms. The molecule has 1 aromatic carbocycles. The van der Waals surface area contributed by atoms with Crippen LogP contribution in [0.4, 0.5) is 16.0 Å².